The first kappa shape index (κ1) is 26.3. The Hall–Kier alpha value is -2.26. The lowest BCUT2D eigenvalue weighted by Gasteiger charge is -2.28. The summed E-state index contributed by atoms with van der Waals surface area (Å²) in [5.74, 6) is 1.24. The average molecular weight is 482 g/mol. The molecule has 2 aliphatic rings. The third kappa shape index (κ3) is 5.51. The fourth-order valence-corrected chi connectivity index (χ4v) is 5.51. The van der Waals surface area contributed by atoms with Gasteiger partial charge in [0.15, 0.2) is 5.78 Å². The van der Waals surface area contributed by atoms with Crippen molar-refractivity contribution in [3.63, 3.8) is 0 Å². The van der Waals surface area contributed by atoms with Crippen molar-refractivity contribution < 1.29 is 9.53 Å². The van der Waals surface area contributed by atoms with Crippen LogP contribution in [0, 0.1) is 11.8 Å². The first-order chi connectivity index (χ1) is 16.2. The number of methoxy groups -OCH3 is 1. The molecule has 3 rings (SSSR count). The zero-order valence-corrected chi connectivity index (χ0v) is 23.0. The summed E-state index contributed by atoms with van der Waals surface area (Å²) in [5.41, 5.74) is 9.31. The highest BCUT2D eigenvalue weighted by Gasteiger charge is 2.29. The van der Waals surface area contributed by atoms with Crippen LogP contribution in [-0.4, -0.2) is 30.4 Å². The Morgan fingerprint density at radius 1 is 1.21 bits per heavy atom. The minimum absolute atomic E-state index is 0.0215. The molecule has 1 atom stereocenters. The van der Waals surface area contributed by atoms with E-state index in [9.17, 15) is 4.79 Å². The van der Waals surface area contributed by atoms with E-state index in [4.69, 9.17) is 9.72 Å². The van der Waals surface area contributed by atoms with Crippen LogP contribution < -0.4 is 10.6 Å². The summed E-state index contributed by atoms with van der Waals surface area (Å²) < 4.78 is 5.30. The molecule has 0 radical (unpaired) electrons. The zero-order valence-electron chi connectivity index (χ0n) is 21.8. The third-order valence-corrected chi connectivity index (χ3v) is 7.39. The van der Waals surface area contributed by atoms with E-state index >= 15 is 0 Å². The SMILES string of the molecule is CCC/C(=C(\C(=O)C(C)C)C1=C(C)c2c(cnc(CC3=CC(OC)=NCN3)c2P)CC1)C(C)C. The second kappa shape index (κ2) is 11.4. The number of ether oxygens (including phenoxy) is 1. The van der Waals surface area contributed by atoms with Crippen molar-refractivity contribution >= 4 is 31.8 Å². The van der Waals surface area contributed by atoms with Crippen molar-refractivity contribution in [1.29, 1.82) is 0 Å². The number of nitrogens with one attached hydrogen (secondary N) is 1. The number of ketones is 1. The molecule has 1 aliphatic heterocycles. The zero-order chi connectivity index (χ0) is 25.0. The number of aromatic nitrogens is 1. The molecule has 0 saturated heterocycles. The topological polar surface area (TPSA) is 63.6 Å². The first-order valence-corrected chi connectivity index (χ1v) is 13.0. The molecule has 5 nitrogen and oxygen atoms in total. The number of aryl methyl sites for hydroxylation is 1. The van der Waals surface area contributed by atoms with Gasteiger partial charge >= 0.3 is 0 Å². The summed E-state index contributed by atoms with van der Waals surface area (Å²) in [6.07, 6.45) is 8.44. The molecule has 0 bridgehead atoms. The highest BCUT2D eigenvalue weighted by molar-refractivity contribution is 7.27. The Morgan fingerprint density at radius 3 is 2.56 bits per heavy atom. The van der Waals surface area contributed by atoms with Crippen molar-refractivity contribution in [2.75, 3.05) is 13.8 Å². The molecular weight excluding hydrogens is 441 g/mol. The van der Waals surface area contributed by atoms with Gasteiger partial charge in [-0.15, -0.1) is 9.24 Å². The first-order valence-electron chi connectivity index (χ1n) is 12.5. The lowest BCUT2D eigenvalue weighted by molar-refractivity contribution is -0.118. The summed E-state index contributed by atoms with van der Waals surface area (Å²) in [6.45, 7) is 13.4. The number of carbonyl (C=O) groups is 1. The van der Waals surface area contributed by atoms with E-state index < -0.39 is 0 Å². The fourth-order valence-electron chi connectivity index (χ4n) is 4.93. The predicted octanol–water partition coefficient (Wildman–Crippen LogP) is 5.31. The molecule has 1 unspecified atom stereocenters. The number of nitrogens with zero attached hydrogens (tertiary/aromatic N) is 2. The normalized spacial score (nSPS) is 16.6. The number of carbonyl (C=O) groups excluding carboxylic acids is 1. The van der Waals surface area contributed by atoms with Gasteiger partial charge in [-0.2, -0.15) is 0 Å². The Labute approximate surface area is 207 Å². The maximum Gasteiger partial charge on any atom is 0.211 e. The number of rotatable bonds is 8. The molecule has 0 saturated carbocycles. The largest absolute Gasteiger partial charge is 0.481 e. The summed E-state index contributed by atoms with van der Waals surface area (Å²) in [4.78, 5) is 22.6. The van der Waals surface area contributed by atoms with Gasteiger partial charge in [-0.05, 0) is 59.7 Å². The predicted molar refractivity (Wildman–Crippen MR) is 145 cm³/mol. The van der Waals surface area contributed by atoms with Crippen molar-refractivity contribution in [3.8, 4) is 0 Å². The molecule has 0 spiro atoms. The molecular formula is C28H40N3O2P. The van der Waals surface area contributed by atoms with E-state index in [0.29, 0.717) is 24.9 Å². The van der Waals surface area contributed by atoms with E-state index in [2.05, 4.69) is 47.2 Å². The van der Waals surface area contributed by atoms with Gasteiger partial charge in [0.25, 0.3) is 0 Å². The minimum Gasteiger partial charge on any atom is -0.481 e. The van der Waals surface area contributed by atoms with Crippen molar-refractivity contribution in [1.82, 2.24) is 10.3 Å². The number of hydrogen-bond donors (Lipinski definition) is 1. The molecule has 184 valence electrons. The van der Waals surface area contributed by atoms with Crippen LogP contribution in [-0.2, 0) is 22.4 Å². The molecule has 34 heavy (non-hydrogen) atoms. The highest BCUT2D eigenvalue weighted by Crippen LogP contribution is 2.39. The number of Topliss-reactive ketones (excluding diaryl/α,β-unsaturated/α-hetero) is 1. The minimum atomic E-state index is -0.0215. The molecule has 1 aromatic rings. The standard InChI is InChI=1S/C28H40N3O2P/c1-8-9-21(16(2)3)26(27(32)17(4)5)22-11-10-19-14-29-23(28(34)25(19)18(22)6)12-20-13-24(33-7)31-15-30-20/h13-14,16-17,30H,8-12,15,34H2,1-7H3/b26-21+. The van der Waals surface area contributed by atoms with E-state index in [1.54, 1.807) is 7.11 Å². The van der Waals surface area contributed by atoms with Gasteiger partial charge in [-0.1, -0.05) is 46.6 Å². The van der Waals surface area contributed by atoms with Crippen LogP contribution in [0.25, 0.3) is 5.57 Å². The Morgan fingerprint density at radius 2 is 1.94 bits per heavy atom. The van der Waals surface area contributed by atoms with Crippen LogP contribution in [0.15, 0.2) is 39.7 Å². The van der Waals surface area contributed by atoms with Gasteiger partial charge in [0.05, 0.1) is 12.8 Å². The number of aliphatic imine (C=N–C) groups is 1. The van der Waals surface area contributed by atoms with Crippen molar-refractivity contribution in [2.24, 2.45) is 16.8 Å². The van der Waals surface area contributed by atoms with Gasteiger partial charge in [-0.3, -0.25) is 9.78 Å². The molecule has 2 heterocycles. The Bertz CT molecular complexity index is 1080. The van der Waals surface area contributed by atoms with E-state index in [1.807, 2.05) is 26.1 Å². The smallest absolute Gasteiger partial charge is 0.211 e. The second-order valence-corrected chi connectivity index (χ2v) is 10.4. The van der Waals surface area contributed by atoms with Crippen LogP contribution in [0.1, 0.15) is 77.6 Å². The number of hydrogen-bond acceptors (Lipinski definition) is 5. The van der Waals surface area contributed by atoms with Crippen molar-refractivity contribution in [3.05, 3.63) is 51.5 Å². The number of pyridine rings is 1. The maximum absolute atomic E-state index is 13.5. The monoisotopic (exact) mass is 481 g/mol. The van der Waals surface area contributed by atoms with Crippen LogP contribution in [0.2, 0.25) is 0 Å². The lowest BCUT2D eigenvalue weighted by Crippen LogP contribution is -2.26. The van der Waals surface area contributed by atoms with Gasteiger partial charge in [0, 0.05) is 35.9 Å². The lowest BCUT2D eigenvalue weighted by atomic mass is 9.77. The summed E-state index contributed by atoms with van der Waals surface area (Å²) in [5, 5.41) is 4.45. The molecule has 0 amide bonds. The molecule has 0 aromatic carbocycles. The maximum atomic E-state index is 13.5. The molecule has 1 aromatic heterocycles. The van der Waals surface area contributed by atoms with Gasteiger partial charge in [-0.25, -0.2) is 4.99 Å². The highest BCUT2D eigenvalue weighted by atomic mass is 31.0. The summed E-state index contributed by atoms with van der Waals surface area (Å²) >= 11 is 0. The summed E-state index contributed by atoms with van der Waals surface area (Å²) in [7, 11) is 4.57. The van der Waals surface area contributed by atoms with E-state index in [0.717, 1.165) is 48.0 Å². The van der Waals surface area contributed by atoms with Crippen molar-refractivity contribution in [2.45, 2.75) is 73.6 Å². The molecule has 0 fully saturated rings. The Kier molecular flexibility index (Phi) is 8.87. The number of allylic oxidation sites excluding steroid dienone is 5. The number of fused-ring (bicyclic) bond motifs is 1. The fraction of sp³-hybridized carbons (Fsp3) is 0.536. The quantitative estimate of drug-likeness (QED) is 0.404. The second-order valence-electron chi connectivity index (χ2n) is 9.83. The van der Waals surface area contributed by atoms with Crippen LogP contribution in [0.5, 0.6) is 0 Å². The van der Waals surface area contributed by atoms with Gasteiger partial charge in [0.2, 0.25) is 5.90 Å². The van der Waals surface area contributed by atoms with Crippen LogP contribution >= 0.6 is 9.24 Å². The average Bonchev–Trinajstić information content (AvgIpc) is 2.81. The molecule has 6 heteroatoms. The van der Waals surface area contributed by atoms with Gasteiger partial charge < -0.3 is 10.1 Å². The van der Waals surface area contributed by atoms with E-state index in [-0.39, 0.29) is 11.7 Å². The van der Waals surface area contributed by atoms with Crippen LogP contribution in [0.4, 0.5) is 0 Å². The Balaban J connectivity index is 2.13. The van der Waals surface area contributed by atoms with E-state index in [1.165, 1.54) is 27.8 Å². The van der Waals surface area contributed by atoms with Gasteiger partial charge in [0.1, 0.15) is 6.67 Å². The van der Waals surface area contributed by atoms with Crippen LogP contribution in [0.3, 0.4) is 0 Å². The molecule has 1 N–H and O–H groups in total. The molecule has 1 aliphatic carbocycles. The summed E-state index contributed by atoms with van der Waals surface area (Å²) in [6, 6.07) is 0. The third-order valence-electron chi connectivity index (χ3n) is 6.77.